The third kappa shape index (κ3) is 2.37. The Morgan fingerprint density at radius 2 is 1.83 bits per heavy atom. The van der Waals surface area contributed by atoms with Crippen molar-refractivity contribution >= 4 is 15.7 Å². The summed E-state index contributed by atoms with van der Waals surface area (Å²) in [5, 5.41) is 0. The van der Waals surface area contributed by atoms with Crippen LogP contribution in [0.5, 0.6) is 0 Å². The van der Waals surface area contributed by atoms with E-state index in [0.717, 1.165) is 12.1 Å². The van der Waals surface area contributed by atoms with Crippen LogP contribution < -0.4 is 10.5 Å². The lowest BCUT2D eigenvalue weighted by atomic mass is 10.3. The fraction of sp³-hybridized carbons (Fsp3) is 0.273. The van der Waals surface area contributed by atoms with Crippen LogP contribution in [0.4, 0.5) is 14.5 Å². The van der Waals surface area contributed by atoms with Gasteiger partial charge in [0.15, 0.2) is 5.82 Å². The molecule has 0 unspecified atom stereocenters. The second kappa shape index (κ2) is 4.66. The maximum Gasteiger partial charge on any atom is 0.243 e. The summed E-state index contributed by atoms with van der Waals surface area (Å²) in [5.74, 6) is -2.23. The fourth-order valence-corrected chi connectivity index (χ4v) is 3.10. The summed E-state index contributed by atoms with van der Waals surface area (Å²) in [7, 11) is -4.03. The lowest BCUT2D eigenvalue weighted by Gasteiger charge is -2.13. The van der Waals surface area contributed by atoms with E-state index in [0.29, 0.717) is 12.8 Å². The highest BCUT2D eigenvalue weighted by Crippen LogP contribution is 2.23. The molecule has 3 N–H and O–H groups in total. The average molecular weight is 274 g/mol. The van der Waals surface area contributed by atoms with Crippen molar-refractivity contribution in [2.45, 2.75) is 23.8 Å². The Bertz CT molecular complexity index is 591. The van der Waals surface area contributed by atoms with Crippen molar-refractivity contribution in [1.82, 2.24) is 4.72 Å². The van der Waals surface area contributed by atoms with Crippen LogP contribution in [-0.2, 0) is 10.0 Å². The Labute approximate surface area is 104 Å². The number of nitrogens with one attached hydrogen (secondary N) is 1. The first-order chi connectivity index (χ1) is 8.42. The van der Waals surface area contributed by atoms with Crippen LogP contribution in [0.15, 0.2) is 29.2 Å². The summed E-state index contributed by atoms with van der Waals surface area (Å²) in [6.45, 7) is 0. The third-order valence-electron chi connectivity index (χ3n) is 2.71. The second-order valence-electron chi connectivity index (χ2n) is 4.03. The Kier molecular flexibility index (Phi) is 3.36. The Morgan fingerprint density at radius 1 is 1.22 bits per heavy atom. The number of hydrogen-bond acceptors (Lipinski definition) is 3. The number of nitrogens with two attached hydrogens (primary N) is 1. The average Bonchev–Trinajstić information content (AvgIpc) is 2.77. The molecule has 4 nitrogen and oxygen atoms in total. The first kappa shape index (κ1) is 13.0. The Hall–Kier alpha value is -1.47. The van der Waals surface area contributed by atoms with E-state index < -0.39 is 32.2 Å². The summed E-state index contributed by atoms with van der Waals surface area (Å²) in [6.07, 6.45) is 4.78. The summed E-state index contributed by atoms with van der Waals surface area (Å²) >= 11 is 0. The largest absolute Gasteiger partial charge is 0.394 e. The van der Waals surface area contributed by atoms with Crippen LogP contribution >= 0.6 is 0 Å². The van der Waals surface area contributed by atoms with Gasteiger partial charge in [0, 0.05) is 6.04 Å². The molecule has 0 heterocycles. The van der Waals surface area contributed by atoms with Gasteiger partial charge >= 0.3 is 0 Å². The highest BCUT2D eigenvalue weighted by molar-refractivity contribution is 7.89. The van der Waals surface area contributed by atoms with Crippen LogP contribution in [-0.4, -0.2) is 14.5 Å². The predicted octanol–water partition coefficient (Wildman–Crippen LogP) is 1.54. The van der Waals surface area contributed by atoms with Gasteiger partial charge in [-0.1, -0.05) is 12.2 Å². The first-order valence-corrected chi connectivity index (χ1v) is 6.81. The summed E-state index contributed by atoms with van der Waals surface area (Å²) in [4.78, 5) is -0.631. The minimum Gasteiger partial charge on any atom is -0.394 e. The molecule has 0 radical (unpaired) electrons. The lowest BCUT2D eigenvalue weighted by molar-refractivity contribution is 0.535. The first-order valence-electron chi connectivity index (χ1n) is 5.32. The second-order valence-corrected chi connectivity index (χ2v) is 5.72. The van der Waals surface area contributed by atoms with Gasteiger partial charge < -0.3 is 5.73 Å². The molecule has 1 aliphatic rings. The molecule has 7 heteroatoms. The molecule has 1 aromatic rings. The number of halogens is 2. The Morgan fingerprint density at radius 3 is 2.44 bits per heavy atom. The maximum absolute atomic E-state index is 13.6. The molecule has 0 saturated heterocycles. The number of rotatable bonds is 3. The minimum absolute atomic E-state index is 0.291. The highest BCUT2D eigenvalue weighted by Gasteiger charge is 2.25. The van der Waals surface area contributed by atoms with Crippen molar-refractivity contribution in [3.8, 4) is 0 Å². The zero-order valence-electron chi connectivity index (χ0n) is 9.36. The number of benzene rings is 1. The fourth-order valence-electron chi connectivity index (χ4n) is 1.75. The van der Waals surface area contributed by atoms with Crippen molar-refractivity contribution in [2.24, 2.45) is 0 Å². The van der Waals surface area contributed by atoms with Crippen LogP contribution in [0.3, 0.4) is 0 Å². The monoisotopic (exact) mass is 274 g/mol. The van der Waals surface area contributed by atoms with Gasteiger partial charge in [0.2, 0.25) is 10.0 Å². The molecule has 2 rings (SSSR count). The molecule has 0 saturated carbocycles. The van der Waals surface area contributed by atoms with E-state index in [-0.39, 0.29) is 6.04 Å². The quantitative estimate of drug-likeness (QED) is 0.648. The van der Waals surface area contributed by atoms with Gasteiger partial charge in [0.1, 0.15) is 16.4 Å². The minimum atomic E-state index is -4.03. The van der Waals surface area contributed by atoms with Crippen LogP contribution in [0.2, 0.25) is 0 Å². The molecule has 1 aromatic carbocycles. The topological polar surface area (TPSA) is 72.2 Å². The van der Waals surface area contributed by atoms with Gasteiger partial charge in [-0.2, -0.15) is 0 Å². The normalized spacial score (nSPS) is 16.3. The van der Waals surface area contributed by atoms with E-state index in [1.54, 1.807) is 0 Å². The smallest absolute Gasteiger partial charge is 0.243 e. The molecular formula is C11H12F2N2O2S. The van der Waals surface area contributed by atoms with Crippen LogP contribution in [0.1, 0.15) is 12.8 Å². The molecule has 0 aliphatic heterocycles. The predicted molar refractivity (Wildman–Crippen MR) is 63.3 cm³/mol. The maximum atomic E-state index is 13.6. The molecule has 18 heavy (non-hydrogen) atoms. The third-order valence-corrected chi connectivity index (χ3v) is 4.25. The van der Waals surface area contributed by atoms with E-state index in [9.17, 15) is 17.2 Å². The summed E-state index contributed by atoms with van der Waals surface area (Å²) in [5.41, 5.74) is 4.34. The molecule has 0 bridgehead atoms. The van der Waals surface area contributed by atoms with Crippen molar-refractivity contribution < 1.29 is 17.2 Å². The molecule has 0 atom stereocenters. The molecule has 1 aliphatic carbocycles. The molecule has 0 aromatic heterocycles. The molecule has 0 amide bonds. The van der Waals surface area contributed by atoms with E-state index in [4.69, 9.17) is 5.73 Å². The van der Waals surface area contributed by atoms with E-state index >= 15 is 0 Å². The molecule has 98 valence electrons. The summed E-state index contributed by atoms with van der Waals surface area (Å²) < 4.78 is 52.8. The number of sulfonamides is 1. The molecule has 0 spiro atoms. The number of hydrogen-bond donors (Lipinski definition) is 2. The van der Waals surface area contributed by atoms with Gasteiger partial charge in [0.05, 0.1) is 0 Å². The molecular weight excluding hydrogens is 262 g/mol. The standard InChI is InChI=1S/C11H12F2N2O2S/c12-8-5-6-9(10(13)11(8)14)18(16,17)15-7-3-1-2-4-7/h1-2,5-7,15H,3-4,14H2. The van der Waals surface area contributed by atoms with Gasteiger partial charge in [0.25, 0.3) is 0 Å². The van der Waals surface area contributed by atoms with Crippen molar-refractivity contribution in [1.29, 1.82) is 0 Å². The summed E-state index contributed by atoms with van der Waals surface area (Å²) in [6, 6.07) is 1.41. The lowest BCUT2D eigenvalue weighted by Crippen LogP contribution is -2.33. The van der Waals surface area contributed by atoms with Crippen LogP contribution in [0.25, 0.3) is 0 Å². The zero-order valence-corrected chi connectivity index (χ0v) is 10.2. The number of nitrogen functional groups attached to an aromatic ring is 1. The highest BCUT2D eigenvalue weighted by atomic mass is 32.2. The van der Waals surface area contributed by atoms with Gasteiger partial charge in [-0.05, 0) is 25.0 Å². The van der Waals surface area contributed by atoms with E-state index in [1.165, 1.54) is 0 Å². The number of anilines is 1. The van der Waals surface area contributed by atoms with E-state index in [2.05, 4.69) is 4.72 Å². The van der Waals surface area contributed by atoms with E-state index in [1.807, 2.05) is 12.2 Å². The van der Waals surface area contributed by atoms with Gasteiger partial charge in [-0.3, -0.25) is 0 Å². The van der Waals surface area contributed by atoms with Crippen molar-refractivity contribution in [2.75, 3.05) is 5.73 Å². The van der Waals surface area contributed by atoms with Gasteiger partial charge in [-0.15, -0.1) is 0 Å². The van der Waals surface area contributed by atoms with Crippen molar-refractivity contribution in [3.05, 3.63) is 35.9 Å². The van der Waals surface area contributed by atoms with Crippen LogP contribution in [0, 0.1) is 11.6 Å². The molecule has 0 fully saturated rings. The zero-order chi connectivity index (χ0) is 13.3. The van der Waals surface area contributed by atoms with Gasteiger partial charge in [-0.25, -0.2) is 21.9 Å². The Balaban J connectivity index is 2.32. The SMILES string of the molecule is Nc1c(F)ccc(S(=O)(=O)NC2CC=CC2)c1F. The van der Waals surface area contributed by atoms with Crippen molar-refractivity contribution in [3.63, 3.8) is 0 Å².